The Morgan fingerprint density at radius 2 is 2.47 bits per heavy atom. The quantitative estimate of drug-likeness (QED) is 0.787. The zero-order valence-electron chi connectivity index (χ0n) is 8.05. The molecule has 0 saturated carbocycles. The molecule has 0 radical (unpaired) electrons. The van der Waals surface area contributed by atoms with E-state index >= 15 is 0 Å². The van der Waals surface area contributed by atoms with E-state index in [0.717, 1.165) is 0 Å². The molecule has 0 bridgehead atoms. The van der Waals surface area contributed by atoms with Gasteiger partial charge in [0.05, 0.1) is 17.1 Å². The van der Waals surface area contributed by atoms with Gasteiger partial charge < -0.3 is 5.11 Å². The second kappa shape index (κ2) is 4.15. The summed E-state index contributed by atoms with van der Waals surface area (Å²) in [6, 6.07) is 1.91. The Hall–Kier alpha value is -1.15. The lowest BCUT2D eigenvalue weighted by molar-refractivity contribution is -0.132. The number of alkyl halides is 1. The molecule has 80 valence electrons. The molecular formula is C10H9BrFNO2. The molecule has 1 aliphatic rings. The lowest BCUT2D eigenvalue weighted by atomic mass is 9.79. The second-order valence-electron chi connectivity index (χ2n) is 3.59. The number of nitriles is 1. The number of carboxylic acid groups (broad SMARTS) is 1. The first-order chi connectivity index (χ1) is 6.93. The third kappa shape index (κ3) is 2.26. The monoisotopic (exact) mass is 273 g/mol. The second-order valence-corrected chi connectivity index (χ2v) is 4.15. The number of carbonyl (C=O) groups is 1. The zero-order valence-corrected chi connectivity index (χ0v) is 9.64. The van der Waals surface area contributed by atoms with Gasteiger partial charge in [0.25, 0.3) is 0 Å². The van der Waals surface area contributed by atoms with Crippen LogP contribution in [0.3, 0.4) is 0 Å². The van der Waals surface area contributed by atoms with Crippen LogP contribution in [-0.4, -0.2) is 16.4 Å². The Balaban J connectivity index is 3.27. The zero-order chi connectivity index (χ0) is 11.6. The van der Waals surface area contributed by atoms with Gasteiger partial charge in [-0.15, -0.1) is 0 Å². The fourth-order valence-corrected chi connectivity index (χ4v) is 2.05. The van der Waals surface area contributed by atoms with Crippen LogP contribution in [0.2, 0.25) is 0 Å². The molecule has 0 aromatic carbocycles. The number of carboxylic acids is 1. The highest BCUT2D eigenvalue weighted by Crippen LogP contribution is 2.38. The maximum absolute atomic E-state index is 13.5. The van der Waals surface area contributed by atoms with E-state index in [0.29, 0.717) is 0 Å². The fraction of sp³-hybridized carbons (Fsp3) is 0.400. The lowest BCUT2D eigenvalue weighted by Gasteiger charge is -2.24. The minimum atomic E-state index is -1.21. The van der Waals surface area contributed by atoms with Gasteiger partial charge in [0, 0.05) is 17.3 Å². The van der Waals surface area contributed by atoms with E-state index in [1.807, 2.05) is 6.07 Å². The van der Waals surface area contributed by atoms with Crippen molar-refractivity contribution in [1.29, 1.82) is 5.26 Å². The summed E-state index contributed by atoms with van der Waals surface area (Å²) >= 11 is 3.03. The number of allylic oxidation sites excluding steroid dienone is 2. The van der Waals surface area contributed by atoms with E-state index < -0.39 is 17.2 Å². The van der Waals surface area contributed by atoms with E-state index in [1.165, 1.54) is 13.0 Å². The molecule has 1 unspecified atom stereocenters. The predicted molar refractivity (Wildman–Crippen MR) is 56.0 cm³/mol. The van der Waals surface area contributed by atoms with Crippen molar-refractivity contribution in [2.45, 2.75) is 13.3 Å². The first kappa shape index (κ1) is 11.9. The first-order valence-electron chi connectivity index (χ1n) is 4.25. The van der Waals surface area contributed by atoms with E-state index in [4.69, 9.17) is 10.4 Å². The third-order valence-corrected chi connectivity index (χ3v) is 2.82. The van der Waals surface area contributed by atoms with Gasteiger partial charge in [0.1, 0.15) is 5.83 Å². The van der Waals surface area contributed by atoms with Crippen LogP contribution in [0, 0.1) is 16.7 Å². The molecule has 1 N–H and O–H groups in total. The van der Waals surface area contributed by atoms with E-state index in [1.54, 1.807) is 0 Å². The van der Waals surface area contributed by atoms with Crippen LogP contribution in [-0.2, 0) is 4.79 Å². The van der Waals surface area contributed by atoms with Crippen molar-refractivity contribution in [3.63, 3.8) is 0 Å². The minimum absolute atomic E-state index is 0.0682. The maximum atomic E-state index is 13.5. The van der Waals surface area contributed by atoms with Crippen molar-refractivity contribution in [2.24, 2.45) is 5.41 Å². The molecule has 0 amide bonds. The number of hydrogen-bond donors (Lipinski definition) is 1. The van der Waals surface area contributed by atoms with Gasteiger partial charge >= 0.3 is 5.97 Å². The van der Waals surface area contributed by atoms with Crippen LogP contribution in [0.15, 0.2) is 23.0 Å². The molecule has 1 rings (SSSR count). The maximum Gasteiger partial charge on any atom is 0.335 e. The molecule has 5 heteroatoms. The summed E-state index contributed by atoms with van der Waals surface area (Å²) in [5, 5.41) is 17.9. The average Bonchev–Trinajstić information content (AvgIpc) is 2.17. The summed E-state index contributed by atoms with van der Waals surface area (Å²) in [4.78, 5) is 10.9. The highest BCUT2D eigenvalue weighted by atomic mass is 79.9. The Kier molecular flexibility index (Phi) is 3.30. The number of hydrogen-bond acceptors (Lipinski definition) is 2. The Bertz CT molecular complexity index is 408. The molecule has 0 saturated heterocycles. The predicted octanol–water partition coefficient (Wildman–Crippen LogP) is 2.55. The molecule has 15 heavy (non-hydrogen) atoms. The highest BCUT2D eigenvalue weighted by molar-refractivity contribution is 9.09. The SMILES string of the molecule is CC1(C#N)C=C(C(=O)O)C(CBr)=C(F)C1. The van der Waals surface area contributed by atoms with Gasteiger partial charge in [0.15, 0.2) is 0 Å². The fourth-order valence-electron chi connectivity index (χ4n) is 1.44. The van der Waals surface area contributed by atoms with Crippen molar-refractivity contribution in [2.75, 3.05) is 5.33 Å². The van der Waals surface area contributed by atoms with Crippen molar-refractivity contribution >= 4 is 21.9 Å². The van der Waals surface area contributed by atoms with Crippen LogP contribution in [0.1, 0.15) is 13.3 Å². The molecule has 0 aromatic heterocycles. The number of aliphatic carboxylic acids is 1. The smallest absolute Gasteiger partial charge is 0.335 e. The van der Waals surface area contributed by atoms with Crippen LogP contribution >= 0.6 is 15.9 Å². The lowest BCUT2D eigenvalue weighted by Crippen LogP contribution is -2.21. The first-order valence-corrected chi connectivity index (χ1v) is 5.37. The number of rotatable bonds is 2. The van der Waals surface area contributed by atoms with Crippen molar-refractivity contribution in [1.82, 2.24) is 0 Å². The largest absolute Gasteiger partial charge is 0.478 e. The molecular weight excluding hydrogens is 265 g/mol. The van der Waals surface area contributed by atoms with Crippen LogP contribution in [0.4, 0.5) is 4.39 Å². The highest BCUT2D eigenvalue weighted by Gasteiger charge is 2.33. The number of halogens is 2. The molecule has 3 nitrogen and oxygen atoms in total. The van der Waals surface area contributed by atoms with E-state index in [9.17, 15) is 9.18 Å². The van der Waals surface area contributed by atoms with Crippen molar-refractivity contribution < 1.29 is 14.3 Å². The van der Waals surface area contributed by atoms with Gasteiger partial charge in [-0.1, -0.05) is 15.9 Å². The Morgan fingerprint density at radius 1 is 1.87 bits per heavy atom. The molecule has 0 fully saturated rings. The van der Waals surface area contributed by atoms with Gasteiger partial charge in [-0.2, -0.15) is 5.26 Å². The van der Waals surface area contributed by atoms with Gasteiger partial charge in [-0.25, -0.2) is 9.18 Å². The van der Waals surface area contributed by atoms with Crippen molar-refractivity contribution in [3.8, 4) is 6.07 Å². The minimum Gasteiger partial charge on any atom is -0.478 e. The van der Waals surface area contributed by atoms with Crippen LogP contribution < -0.4 is 0 Å². The van der Waals surface area contributed by atoms with Crippen molar-refractivity contribution in [3.05, 3.63) is 23.0 Å². The Labute approximate surface area is 95.0 Å². The van der Waals surface area contributed by atoms with E-state index in [2.05, 4.69) is 15.9 Å². The Morgan fingerprint density at radius 3 is 2.87 bits per heavy atom. The van der Waals surface area contributed by atoms with E-state index in [-0.39, 0.29) is 22.9 Å². The summed E-state index contributed by atoms with van der Waals surface area (Å²) in [5.41, 5.74) is -1.07. The molecule has 0 spiro atoms. The van der Waals surface area contributed by atoms with Crippen LogP contribution in [0.5, 0.6) is 0 Å². The topological polar surface area (TPSA) is 61.1 Å². The van der Waals surface area contributed by atoms with Gasteiger partial charge in [-0.3, -0.25) is 0 Å². The summed E-state index contributed by atoms with van der Waals surface area (Å²) in [5.74, 6) is -1.74. The average molecular weight is 274 g/mol. The van der Waals surface area contributed by atoms with Crippen LogP contribution in [0.25, 0.3) is 0 Å². The summed E-state index contributed by atoms with van der Waals surface area (Å²) in [6.07, 6.45) is 1.25. The number of nitrogens with zero attached hydrogens (tertiary/aromatic N) is 1. The standard InChI is InChI=1S/C10H9BrFNO2/c1-10(5-13)2-6(9(14)15)7(4-11)8(12)3-10/h2H,3-4H2,1H3,(H,14,15). The summed E-state index contributed by atoms with van der Waals surface area (Å²) < 4.78 is 13.5. The molecule has 1 atom stereocenters. The molecule has 0 heterocycles. The van der Waals surface area contributed by atoms with Gasteiger partial charge in [-0.05, 0) is 13.0 Å². The normalized spacial score (nSPS) is 25.9. The third-order valence-electron chi connectivity index (χ3n) is 2.26. The van der Waals surface area contributed by atoms with Gasteiger partial charge in [0.2, 0.25) is 0 Å². The molecule has 0 aromatic rings. The molecule has 0 aliphatic heterocycles. The summed E-state index contributed by atoms with van der Waals surface area (Å²) in [7, 11) is 0. The molecule has 1 aliphatic carbocycles. The summed E-state index contributed by atoms with van der Waals surface area (Å²) in [6.45, 7) is 1.51.